The van der Waals surface area contributed by atoms with Crippen LogP contribution >= 0.6 is 0 Å². The zero-order chi connectivity index (χ0) is 19.8. The summed E-state index contributed by atoms with van der Waals surface area (Å²) >= 11 is 0. The van der Waals surface area contributed by atoms with E-state index in [1.165, 1.54) is 8.61 Å². The standard InChI is InChI=1S/C19H28N2O5S/c1-19(2,3)26-18(22)12-14-5-8-17-15(11-14)6-7-16(25-17)13-21-10-9-20(4)27(21,23)24/h5,8,11,16H,6-7,9-10,12-13H2,1-4H3/t16-/m1/s1. The first-order chi connectivity index (χ1) is 12.5. The summed E-state index contributed by atoms with van der Waals surface area (Å²) in [5.41, 5.74) is 1.45. The lowest BCUT2D eigenvalue weighted by Gasteiger charge is -2.29. The highest BCUT2D eigenvalue weighted by Crippen LogP contribution is 2.30. The van der Waals surface area contributed by atoms with Gasteiger partial charge in [-0.15, -0.1) is 0 Å². The fourth-order valence-corrected chi connectivity index (χ4v) is 4.75. The van der Waals surface area contributed by atoms with Gasteiger partial charge >= 0.3 is 5.97 Å². The molecule has 8 heteroatoms. The van der Waals surface area contributed by atoms with Crippen LogP contribution in [0.2, 0.25) is 0 Å². The Bertz CT molecular complexity index is 816. The van der Waals surface area contributed by atoms with Gasteiger partial charge in [-0.1, -0.05) is 12.1 Å². The van der Waals surface area contributed by atoms with Gasteiger partial charge in [-0.05, 0) is 50.8 Å². The molecule has 0 spiro atoms. The summed E-state index contributed by atoms with van der Waals surface area (Å²) in [7, 11) is -1.75. The van der Waals surface area contributed by atoms with Crippen molar-refractivity contribution < 1.29 is 22.7 Å². The smallest absolute Gasteiger partial charge is 0.310 e. The van der Waals surface area contributed by atoms with Crippen LogP contribution < -0.4 is 4.74 Å². The molecule has 150 valence electrons. The van der Waals surface area contributed by atoms with E-state index in [-0.39, 0.29) is 18.5 Å². The molecule has 2 aliphatic rings. The molecule has 0 aromatic heterocycles. The molecule has 3 rings (SSSR count). The van der Waals surface area contributed by atoms with E-state index in [9.17, 15) is 13.2 Å². The van der Waals surface area contributed by atoms with Gasteiger partial charge in [0.05, 0.1) is 13.0 Å². The number of nitrogens with zero attached hydrogens (tertiary/aromatic N) is 2. The van der Waals surface area contributed by atoms with Crippen molar-refractivity contribution in [1.82, 2.24) is 8.61 Å². The Morgan fingerprint density at radius 3 is 2.67 bits per heavy atom. The highest BCUT2D eigenvalue weighted by atomic mass is 32.2. The van der Waals surface area contributed by atoms with Gasteiger partial charge in [-0.3, -0.25) is 4.79 Å². The number of hydrogen-bond donors (Lipinski definition) is 0. The van der Waals surface area contributed by atoms with E-state index in [2.05, 4.69) is 0 Å². The van der Waals surface area contributed by atoms with Crippen molar-refractivity contribution in [3.05, 3.63) is 29.3 Å². The number of fused-ring (bicyclic) bond motifs is 1. The number of hydrogen-bond acceptors (Lipinski definition) is 5. The van der Waals surface area contributed by atoms with Crippen LogP contribution in [0.1, 0.15) is 38.3 Å². The third-order valence-electron chi connectivity index (χ3n) is 4.71. The maximum Gasteiger partial charge on any atom is 0.310 e. The van der Waals surface area contributed by atoms with Gasteiger partial charge in [0.1, 0.15) is 17.5 Å². The Morgan fingerprint density at radius 1 is 1.30 bits per heavy atom. The Hall–Kier alpha value is -1.64. The molecule has 1 fully saturated rings. The molecule has 2 aliphatic heterocycles. The van der Waals surface area contributed by atoms with E-state index < -0.39 is 15.8 Å². The third-order valence-corrected chi connectivity index (χ3v) is 6.67. The largest absolute Gasteiger partial charge is 0.489 e. The van der Waals surface area contributed by atoms with Gasteiger partial charge in [0.2, 0.25) is 0 Å². The van der Waals surface area contributed by atoms with E-state index >= 15 is 0 Å². The van der Waals surface area contributed by atoms with Crippen LogP contribution in [0.5, 0.6) is 5.75 Å². The summed E-state index contributed by atoms with van der Waals surface area (Å²) in [4.78, 5) is 12.0. The molecule has 0 aliphatic carbocycles. The lowest BCUT2D eigenvalue weighted by Crippen LogP contribution is -2.40. The number of carbonyl (C=O) groups excluding carboxylic acids is 1. The molecule has 0 saturated carbocycles. The van der Waals surface area contributed by atoms with Crippen molar-refractivity contribution in [2.75, 3.05) is 26.7 Å². The van der Waals surface area contributed by atoms with Crippen molar-refractivity contribution in [2.24, 2.45) is 0 Å². The number of esters is 1. The monoisotopic (exact) mass is 396 g/mol. The molecule has 0 bridgehead atoms. The fraction of sp³-hybridized carbons (Fsp3) is 0.632. The van der Waals surface area contributed by atoms with Crippen molar-refractivity contribution in [3.8, 4) is 5.75 Å². The minimum atomic E-state index is -3.34. The number of ether oxygens (including phenoxy) is 2. The zero-order valence-electron chi connectivity index (χ0n) is 16.4. The zero-order valence-corrected chi connectivity index (χ0v) is 17.2. The van der Waals surface area contributed by atoms with Crippen LogP contribution in [0, 0.1) is 0 Å². The van der Waals surface area contributed by atoms with E-state index in [0.29, 0.717) is 19.6 Å². The minimum Gasteiger partial charge on any atom is -0.489 e. The summed E-state index contributed by atoms with van der Waals surface area (Å²) in [5.74, 6) is 0.518. The molecular weight excluding hydrogens is 368 g/mol. The molecule has 1 saturated heterocycles. The highest BCUT2D eigenvalue weighted by molar-refractivity contribution is 7.87. The Morgan fingerprint density at radius 2 is 2.04 bits per heavy atom. The molecule has 1 aromatic rings. The van der Waals surface area contributed by atoms with Gasteiger partial charge in [-0.25, -0.2) is 0 Å². The van der Waals surface area contributed by atoms with E-state index in [1.807, 2.05) is 39.0 Å². The summed E-state index contributed by atoms with van der Waals surface area (Å²) in [6.07, 6.45) is 1.62. The summed E-state index contributed by atoms with van der Waals surface area (Å²) in [6, 6.07) is 5.72. The van der Waals surface area contributed by atoms with E-state index in [0.717, 1.165) is 29.7 Å². The summed E-state index contributed by atoms with van der Waals surface area (Å²) < 4.78 is 38.7. The summed E-state index contributed by atoms with van der Waals surface area (Å²) in [5, 5.41) is 0. The van der Waals surface area contributed by atoms with Gasteiger partial charge < -0.3 is 9.47 Å². The van der Waals surface area contributed by atoms with Crippen molar-refractivity contribution in [3.63, 3.8) is 0 Å². The predicted molar refractivity (Wildman–Crippen MR) is 102 cm³/mol. The number of likely N-dealkylation sites (N-methyl/N-ethyl adjacent to an activating group) is 1. The third kappa shape index (κ3) is 4.80. The van der Waals surface area contributed by atoms with Crippen LogP contribution in [0.25, 0.3) is 0 Å². The average molecular weight is 397 g/mol. The first-order valence-electron chi connectivity index (χ1n) is 9.26. The molecule has 0 unspecified atom stereocenters. The molecule has 0 amide bonds. The van der Waals surface area contributed by atoms with Crippen LogP contribution in [-0.2, 0) is 32.6 Å². The normalized spacial score (nSPS) is 22.9. The number of rotatable bonds is 4. The second-order valence-electron chi connectivity index (χ2n) is 8.17. The van der Waals surface area contributed by atoms with Crippen molar-refractivity contribution in [1.29, 1.82) is 0 Å². The van der Waals surface area contributed by atoms with E-state index in [4.69, 9.17) is 9.47 Å². The predicted octanol–water partition coefficient (Wildman–Crippen LogP) is 1.76. The Balaban J connectivity index is 1.62. The molecule has 7 nitrogen and oxygen atoms in total. The van der Waals surface area contributed by atoms with Crippen molar-refractivity contribution >= 4 is 16.2 Å². The number of aryl methyl sites for hydroxylation is 1. The topological polar surface area (TPSA) is 76.2 Å². The number of benzene rings is 1. The Labute approximate surface area is 161 Å². The van der Waals surface area contributed by atoms with Crippen molar-refractivity contribution in [2.45, 2.75) is 51.7 Å². The lowest BCUT2D eigenvalue weighted by atomic mass is 9.99. The SMILES string of the molecule is CN1CCN(C[C@H]2CCc3cc(CC(=O)OC(C)(C)C)ccc3O2)S1(=O)=O. The van der Waals surface area contributed by atoms with Gasteiger partial charge in [-0.2, -0.15) is 17.0 Å². The molecular formula is C19H28N2O5S. The quantitative estimate of drug-likeness (QED) is 0.725. The molecule has 0 N–H and O–H groups in total. The second-order valence-corrected chi connectivity index (χ2v) is 10.2. The average Bonchev–Trinajstić information content (AvgIpc) is 2.80. The minimum absolute atomic E-state index is 0.157. The van der Waals surface area contributed by atoms with Crippen LogP contribution in [-0.4, -0.2) is 61.4 Å². The lowest BCUT2D eigenvalue weighted by molar-refractivity contribution is -0.153. The van der Waals surface area contributed by atoms with Gasteiger partial charge in [0.25, 0.3) is 10.2 Å². The molecule has 0 radical (unpaired) electrons. The maximum atomic E-state index is 12.2. The van der Waals surface area contributed by atoms with Gasteiger partial charge in [0.15, 0.2) is 0 Å². The fourth-order valence-electron chi connectivity index (χ4n) is 3.37. The van der Waals surface area contributed by atoms with Crippen LogP contribution in [0.3, 0.4) is 0 Å². The molecule has 1 aromatic carbocycles. The van der Waals surface area contributed by atoms with Gasteiger partial charge in [0, 0.05) is 20.1 Å². The number of carbonyl (C=O) groups is 1. The second kappa shape index (κ2) is 7.41. The van der Waals surface area contributed by atoms with Crippen LogP contribution in [0.4, 0.5) is 0 Å². The Kier molecular flexibility index (Phi) is 5.52. The summed E-state index contributed by atoms with van der Waals surface area (Å²) in [6.45, 7) is 6.93. The molecule has 1 atom stereocenters. The van der Waals surface area contributed by atoms with E-state index in [1.54, 1.807) is 7.05 Å². The van der Waals surface area contributed by atoms with Crippen LogP contribution in [0.15, 0.2) is 18.2 Å². The highest BCUT2D eigenvalue weighted by Gasteiger charge is 2.36. The first-order valence-corrected chi connectivity index (χ1v) is 10.7. The molecule has 2 heterocycles. The molecule has 27 heavy (non-hydrogen) atoms. The maximum absolute atomic E-state index is 12.2. The first kappa shape index (κ1) is 20.1.